The molecule has 1 saturated heterocycles. The Morgan fingerprint density at radius 1 is 1.39 bits per heavy atom. The lowest BCUT2D eigenvalue weighted by atomic mass is 10.0. The highest BCUT2D eigenvalue weighted by Gasteiger charge is 2.25. The lowest BCUT2D eigenvalue weighted by molar-refractivity contribution is 0.0920. The number of aromatic nitrogens is 1. The topological polar surface area (TPSA) is 122 Å². The summed E-state index contributed by atoms with van der Waals surface area (Å²) in [5.74, 6) is 12.4. The number of nitrogens with zero attached hydrogens (tertiary/aromatic N) is 4. The molecule has 1 fully saturated rings. The first-order valence-corrected chi connectivity index (χ1v) is 9.43. The molecule has 1 aromatic heterocycles. The van der Waals surface area contributed by atoms with E-state index >= 15 is 0 Å². The number of ether oxygens (including phenoxy) is 1. The van der Waals surface area contributed by atoms with Gasteiger partial charge in [0, 0.05) is 44.2 Å². The van der Waals surface area contributed by atoms with Crippen molar-refractivity contribution in [2.24, 2.45) is 16.8 Å². The van der Waals surface area contributed by atoms with Crippen LogP contribution in [0, 0.1) is 0 Å². The maximum atomic E-state index is 12.7. The summed E-state index contributed by atoms with van der Waals surface area (Å²) >= 11 is 0. The van der Waals surface area contributed by atoms with Gasteiger partial charge in [-0.15, -0.1) is 5.10 Å². The first-order chi connectivity index (χ1) is 13.6. The van der Waals surface area contributed by atoms with Crippen molar-refractivity contribution >= 4 is 22.8 Å². The van der Waals surface area contributed by atoms with Crippen LogP contribution < -0.4 is 21.7 Å². The molecule has 9 nitrogen and oxygen atoms in total. The Hall–Kier alpha value is -3.07. The van der Waals surface area contributed by atoms with Gasteiger partial charge in [0.1, 0.15) is 11.3 Å². The van der Waals surface area contributed by atoms with Crippen molar-refractivity contribution in [3.05, 3.63) is 35.5 Å². The molecule has 2 aromatic rings. The highest BCUT2D eigenvalue weighted by molar-refractivity contribution is 5.98. The monoisotopic (exact) mass is 383 g/mol. The number of carbonyl (C=O) groups is 1. The third-order valence-corrected chi connectivity index (χ3v) is 5.31. The van der Waals surface area contributed by atoms with Crippen molar-refractivity contribution in [2.45, 2.75) is 25.3 Å². The fourth-order valence-corrected chi connectivity index (χ4v) is 3.85. The van der Waals surface area contributed by atoms with E-state index in [1.807, 2.05) is 17.0 Å². The number of carbonyl (C=O) groups excluding carboxylic acids is 1. The number of guanidine groups is 1. The summed E-state index contributed by atoms with van der Waals surface area (Å²) in [6.07, 6.45) is 4.11. The second-order valence-corrected chi connectivity index (χ2v) is 7.22. The molecule has 3 heterocycles. The summed E-state index contributed by atoms with van der Waals surface area (Å²) < 4.78 is 5.69. The quantitative estimate of drug-likeness (QED) is 0.297. The number of fused-ring (bicyclic) bond motifs is 3. The second kappa shape index (κ2) is 7.51. The van der Waals surface area contributed by atoms with E-state index in [4.69, 9.17) is 16.4 Å². The molecule has 0 spiro atoms. The van der Waals surface area contributed by atoms with E-state index in [2.05, 4.69) is 21.5 Å². The van der Waals surface area contributed by atoms with Gasteiger partial charge in [0.05, 0.1) is 12.2 Å². The predicted molar refractivity (Wildman–Crippen MR) is 107 cm³/mol. The summed E-state index contributed by atoms with van der Waals surface area (Å²) in [5, 5.41) is 9.16. The molecule has 9 heteroatoms. The molecule has 0 aliphatic carbocycles. The highest BCUT2D eigenvalue weighted by atomic mass is 16.5. The van der Waals surface area contributed by atoms with Gasteiger partial charge < -0.3 is 20.8 Å². The van der Waals surface area contributed by atoms with Crippen molar-refractivity contribution < 1.29 is 9.53 Å². The lowest BCUT2D eigenvalue weighted by Crippen LogP contribution is -2.52. The van der Waals surface area contributed by atoms with Crippen LogP contribution >= 0.6 is 0 Å². The molecule has 0 radical (unpaired) electrons. The average Bonchev–Trinajstić information content (AvgIpc) is 3.18. The number of pyridine rings is 1. The number of nitrogens with one attached hydrogen (secondary N) is 1. The molecule has 0 unspecified atom stereocenters. The van der Waals surface area contributed by atoms with Crippen LogP contribution in [0.1, 0.15) is 28.8 Å². The molecule has 148 valence electrons. The molecule has 5 N–H and O–H groups in total. The number of hydrazine groups is 1. The Balaban J connectivity index is 1.41. The SMILES string of the molecule is CN(N)/C(=N\N)N1CCC(NC(=O)c2cnc3c4c(ccc3c2)CCO4)CC1. The predicted octanol–water partition coefficient (Wildman–Crippen LogP) is 0.399. The molecule has 0 bridgehead atoms. The van der Waals surface area contributed by atoms with Gasteiger partial charge in [0.2, 0.25) is 5.96 Å². The third-order valence-electron chi connectivity index (χ3n) is 5.31. The van der Waals surface area contributed by atoms with Crippen LogP contribution in [-0.4, -0.2) is 59.5 Å². The molecule has 1 aromatic carbocycles. The molecule has 4 rings (SSSR count). The van der Waals surface area contributed by atoms with E-state index in [-0.39, 0.29) is 11.9 Å². The number of amides is 1. The van der Waals surface area contributed by atoms with Gasteiger partial charge in [0.15, 0.2) is 0 Å². The van der Waals surface area contributed by atoms with Crippen LogP contribution in [0.4, 0.5) is 0 Å². The Bertz CT molecular complexity index is 920. The van der Waals surface area contributed by atoms with Gasteiger partial charge in [0.25, 0.3) is 5.91 Å². The average molecular weight is 383 g/mol. The summed E-state index contributed by atoms with van der Waals surface area (Å²) in [4.78, 5) is 19.2. The minimum absolute atomic E-state index is 0.0879. The summed E-state index contributed by atoms with van der Waals surface area (Å²) in [5.41, 5.74) is 2.55. The first-order valence-electron chi connectivity index (χ1n) is 9.43. The summed E-state index contributed by atoms with van der Waals surface area (Å²) in [7, 11) is 1.70. The Morgan fingerprint density at radius 3 is 2.89 bits per heavy atom. The molecule has 28 heavy (non-hydrogen) atoms. The van der Waals surface area contributed by atoms with Crippen LogP contribution in [0.3, 0.4) is 0 Å². The van der Waals surface area contributed by atoms with Crippen LogP contribution in [0.15, 0.2) is 29.5 Å². The van der Waals surface area contributed by atoms with E-state index in [1.54, 1.807) is 13.2 Å². The third kappa shape index (κ3) is 3.40. The zero-order chi connectivity index (χ0) is 19.7. The van der Waals surface area contributed by atoms with Crippen LogP contribution in [0.5, 0.6) is 5.75 Å². The van der Waals surface area contributed by atoms with Gasteiger partial charge in [-0.2, -0.15) is 0 Å². The second-order valence-electron chi connectivity index (χ2n) is 7.22. The fourth-order valence-electron chi connectivity index (χ4n) is 3.85. The van der Waals surface area contributed by atoms with Crippen molar-refractivity contribution in [2.75, 3.05) is 26.7 Å². The number of hydrazone groups is 1. The largest absolute Gasteiger partial charge is 0.491 e. The van der Waals surface area contributed by atoms with Gasteiger partial charge in [-0.25, -0.2) is 5.84 Å². The molecule has 0 saturated carbocycles. The van der Waals surface area contributed by atoms with Gasteiger partial charge in [-0.05, 0) is 24.5 Å². The molecule has 1 amide bonds. The molecular weight excluding hydrogens is 358 g/mol. The standard InChI is InChI=1S/C19H25N7O2/c1-25(21)19(24-20)26-7-4-15(5-8-26)23-18(27)14-10-13-3-2-12-6-9-28-17(12)16(13)22-11-14/h2-3,10-11,15H,4-9,20-21H2,1H3,(H,23,27)/b24-19+. The van der Waals surface area contributed by atoms with Crippen LogP contribution in [0.2, 0.25) is 0 Å². The Morgan fingerprint density at radius 2 is 2.18 bits per heavy atom. The lowest BCUT2D eigenvalue weighted by Gasteiger charge is -2.35. The minimum atomic E-state index is -0.113. The van der Waals surface area contributed by atoms with Gasteiger partial charge >= 0.3 is 0 Å². The normalized spacial score (nSPS) is 17.4. The van der Waals surface area contributed by atoms with E-state index in [9.17, 15) is 4.79 Å². The molecule has 0 atom stereocenters. The molecule has 2 aliphatic heterocycles. The molecular formula is C19H25N7O2. The minimum Gasteiger partial charge on any atom is -0.491 e. The van der Waals surface area contributed by atoms with Crippen molar-refractivity contribution in [3.8, 4) is 5.75 Å². The van der Waals surface area contributed by atoms with Crippen LogP contribution in [0.25, 0.3) is 10.9 Å². The first kappa shape index (κ1) is 18.3. The number of piperidine rings is 1. The van der Waals surface area contributed by atoms with E-state index in [0.29, 0.717) is 18.1 Å². The van der Waals surface area contributed by atoms with E-state index in [1.165, 1.54) is 10.6 Å². The van der Waals surface area contributed by atoms with Crippen LogP contribution in [-0.2, 0) is 6.42 Å². The number of nitrogens with two attached hydrogens (primary N) is 2. The molecule has 2 aliphatic rings. The number of likely N-dealkylation sites (tertiary alicyclic amines) is 1. The van der Waals surface area contributed by atoms with E-state index in [0.717, 1.165) is 49.0 Å². The van der Waals surface area contributed by atoms with Crippen molar-refractivity contribution in [3.63, 3.8) is 0 Å². The maximum Gasteiger partial charge on any atom is 0.253 e. The number of benzene rings is 1. The van der Waals surface area contributed by atoms with E-state index < -0.39 is 0 Å². The Labute approximate surface area is 163 Å². The zero-order valence-corrected chi connectivity index (χ0v) is 15.9. The van der Waals surface area contributed by atoms with Crippen molar-refractivity contribution in [1.82, 2.24) is 20.2 Å². The fraction of sp³-hybridized carbons (Fsp3) is 0.421. The van der Waals surface area contributed by atoms with Gasteiger partial charge in [-0.1, -0.05) is 12.1 Å². The summed E-state index contributed by atoms with van der Waals surface area (Å²) in [6, 6.07) is 6.01. The number of hydrogen-bond acceptors (Lipinski definition) is 6. The number of hydrogen-bond donors (Lipinski definition) is 3. The smallest absolute Gasteiger partial charge is 0.253 e. The number of rotatable bonds is 2. The van der Waals surface area contributed by atoms with Crippen molar-refractivity contribution in [1.29, 1.82) is 0 Å². The summed E-state index contributed by atoms with van der Waals surface area (Å²) in [6.45, 7) is 2.14. The Kier molecular flexibility index (Phi) is 4.91. The zero-order valence-electron chi connectivity index (χ0n) is 15.9. The van der Waals surface area contributed by atoms with Gasteiger partial charge in [-0.3, -0.25) is 14.8 Å². The maximum absolute atomic E-state index is 12.7. The highest BCUT2D eigenvalue weighted by Crippen LogP contribution is 2.32.